The van der Waals surface area contributed by atoms with Gasteiger partial charge in [0.1, 0.15) is 5.82 Å². The number of rotatable bonds is 3. The molecule has 1 N–H and O–H groups in total. The molecular weight excluding hydrogens is 263 g/mol. The van der Waals surface area contributed by atoms with E-state index in [4.69, 9.17) is 0 Å². The highest BCUT2D eigenvalue weighted by molar-refractivity contribution is 5.22. The molecule has 0 saturated carbocycles. The van der Waals surface area contributed by atoms with Crippen LogP contribution in [0.3, 0.4) is 0 Å². The van der Waals surface area contributed by atoms with Crippen LogP contribution >= 0.6 is 0 Å². The molecule has 0 radical (unpaired) electrons. The molecular formula is C18H27FN2. The molecule has 0 spiro atoms. The van der Waals surface area contributed by atoms with E-state index in [0.29, 0.717) is 6.04 Å². The van der Waals surface area contributed by atoms with Gasteiger partial charge in [-0.15, -0.1) is 0 Å². The maximum absolute atomic E-state index is 13.2. The number of nitrogens with one attached hydrogen (secondary N) is 1. The first-order valence-corrected chi connectivity index (χ1v) is 8.17. The van der Waals surface area contributed by atoms with Gasteiger partial charge >= 0.3 is 0 Å². The molecule has 2 fully saturated rings. The van der Waals surface area contributed by atoms with E-state index in [9.17, 15) is 4.39 Å². The summed E-state index contributed by atoms with van der Waals surface area (Å²) in [7, 11) is 0. The fourth-order valence-electron chi connectivity index (χ4n) is 3.89. The van der Waals surface area contributed by atoms with Crippen molar-refractivity contribution in [3.63, 3.8) is 0 Å². The number of benzene rings is 1. The second-order valence-corrected chi connectivity index (χ2v) is 7.76. The van der Waals surface area contributed by atoms with E-state index in [1.165, 1.54) is 38.0 Å². The molecule has 2 heterocycles. The lowest BCUT2D eigenvalue weighted by molar-refractivity contribution is 0.172. The molecule has 3 rings (SSSR count). The summed E-state index contributed by atoms with van der Waals surface area (Å²) in [5, 5.41) is 3.91. The Hall–Kier alpha value is -0.930. The van der Waals surface area contributed by atoms with Crippen molar-refractivity contribution in [1.82, 2.24) is 10.2 Å². The Labute approximate surface area is 127 Å². The van der Waals surface area contributed by atoms with E-state index in [0.717, 1.165) is 5.92 Å². The molecule has 4 unspecified atom stereocenters. The van der Waals surface area contributed by atoms with E-state index in [2.05, 4.69) is 31.0 Å². The number of fused-ring (bicyclic) bond motifs is 2. The number of nitrogens with zero attached hydrogens (tertiary/aromatic N) is 1. The minimum absolute atomic E-state index is 0.119. The zero-order chi connectivity index (χ0) is 15.0. The summed E-state index contributed by atoms with van der Waals surface area (Å²) in [5.74, 6) is 0.625. The van der Waals surface area contributed by atoms with Crippen molar-refractivity contribution in [2.24, 2.45) is 11.3 Å². The SMILES string of the molecule is CC(C)(C)C(NC1CCN2CCC1C2)c1ccc(F)cc1. The van der Waals surface area contributed by atoms with Crippen LogP contribution in [0, 0.1) is 17.2 Å². The van der Waals surface area contributed by atoms with Crippen molar-refractivity contribution in [1.29, 1.82) is 0 Å². The minimum Gasteiger partial charge on any atom is -0.306 e. The predicted octanol–water partition coefficient (Wildman–Crippen LogP) is 3.60. The second kappa shape index (κ2) is 5.69. The second-order valence-electron chi connectivity index (χ2n) is 7.76. The molecule has 2 bridgehead atoms. The van der Waals surface area contributed by atoms with Crippen LogP contribution in [-0.4, -0.2) is 30.6 Å². The summed E-state index contributed by atoms with van der Waals surface area (Å²) in [6.45, 7) is 10.5. The largest absolute Gasteiger partial charge is 0.306 e. The molecule has 2 aliphatic heterocycles. The van der Waals surface area contributed by atoms with Gasteiger partial charge in [-0.25, -0.2) is 4.39 Å². The van der Waals surface area contributed by atoms with Gasteiger partial charge in [-0.05, 0) is 55.0 Å². The van der Waals surface area contributed by atoms with Gasteiger partial charge in [0.2, 0.25) is 0 Å². The highest BCUT2D eigenvalue weighted by Crippen LogP contribution is 2.36. The van der Waals surface area contributed by atoms with Gasteiger partial charge in [0.25, 0.3) is 0 Å². The van der Waals surface area contributed by atoms with Gasteiger partial charge in [-0.1, -0.05) is 32.9 Å². The van der Waals surface area contributed by atoms with Crippen LogP contribution in [0.25, 0.3) is 0 Å². The van der Waals surface area contributed by atoms with Gasteiger partial charge < -0.3 is 10.2 Å². The fourth-order valence-corrected chi connectivity index (χ4v) is 3.89. The van der Waals surface area contributed by atoms with Crippen LogP contribution in [0.4, 0.5) is 4.39 Å². The Morgan fingerprint density at radius 3 is 2.48 bits per heavy atom. The molecule has 4 atom stereocenters. The molecule has 116 valence electrons. The van der Waals surface area contributed by atoms with Gasteiger partial charge in [0, 0.05) is 18.6 Å². The molecule has 1 aromatic rings. The van der Waals surface area contributed by atoms with Crippen molar-refractivity contribution < 1.29 is 4.39 Å². The third kappa shape index (κ3) is 3.29. The van der Waals surface area contributed by atoms with Crippen molar-refractivity contribution in [3.05, 3.63) is 35.6 Å². The quantitative estimate of drug-likeness (QED) is 0.915. The average Bonchev–Trinajstić information content (AvgIpc) is 2.81. The summed E-state index contributed by atoms with van der Waals surface area (Å²) in [6.07, 6.45) is 2.55. The van der Waals surface area contributed by atoms with Crippen molar-refractivity contribution >= 4 is 0 Å². The molecule has 0 aromatic heterocycles. The van der Waals surface area contributed by atoms with Crippen LogP contribution in [0.1, 0.15) is 45.2 Å². The van der Waals surface area contributed by atoms with Crippen LogP contribution in [0.5, 0.6) is 0 Å². The third-order valence-electron chi connectivity index (χ3n) is 5.08. The first kappa shape index (κ1) is 15.0. The first-order valence-electron chi connectivity index (χ1n) is 8.17. The van der Waals surface area contributed by atoms with Crippen LogP contribution in [0.15, 0.2) is 24.3 Å². The normalized spacial score (nSPS) is 30.4. The van der Waals surface area contributed by atoms with E-state index >= 15 is 0 Å². The third-order valence-corrected chi connectivity index (χ3v) is 5.08. The molecule has 0 amide bonds. The minimum atomic E-state index is -0.157. The Bertz CT molecular complexity index is 477. The molecule has 21 heavy (non-hydrogen) atoms. The summed E-state index contributed by atoms with van der Waals surface area (Å²) < 4.78 is 13.2. The monoisotopic (exact) mass is 290 g/mol. The zero-order valence-electron chi connectivity index (χ0n) is 13.4. The topological polar surface area (TPSA) is 15.3 Å². The lowest BCUT2D eigenvalue weighted by atomic mass is 9.80. The van der Waals surface area contributed by atoms with Crippen LogP contribution in [-0.2, 0) is 0 Å². The first-order chi connectivity index (χ1) is 9.93. The van der Waals surface area contributed by atoms with E-state index in [-0.39, 0.29) is 17.3 Å². The van der Waals surface area contributed by atoms with Crippen molar-refractivity contribution in [3.8, 4) is 0 Å². The lowest BCUT2D eigenvalue weighted by Gasteiger charge is -2.39. The van der Waals surface area contributed by atoms with Crippen LogP contribution in [0.2, 0.25) is 0 Å². The molecule has 2 aliphatic rings. The zero-order valence-corrected chi connectivity index (χ0v) is 13.4. The molecule has 2 nitrogen and oxygen atoms in total. The number of halogens is 1. The Morgan fingerprint density at radius 2 is 1.81 bits per heavy atom. The van der Waals surface area contributed by atoms with Gasteiger partial charge in [-0.2, -0.15) is 0 Å². The Balaban J connectivity index is 1.78. The molecule has 3 heteroatoms. The Morgan fingerprint density at radius 1 is 1.14 bits per heavy atom. The van der Waals surface area contributed by atoms with E-state index in [1.807, 2.05) is 12.1 Å². The number of piperidine rings is 1. The van der Waals surface area contributed by atoms with Crippen LogP contribution < -0.4 is 5.32 Å². The van der Waals surface area contributed by atoms with Gasteiger partial charge in [0.05, 0.1) is 0 Å². The average molecular weight is 290 g/mol. The van der Waals surface area contributed by atoms with Gasteiger partial charge in [-0.3, -0.25) is 0 Å². The summed E-state index contributed by atoms with van der Waals surface area (Å²) in [6, 6.07) is 7.89. The summed E-state index contributed by atoms with van der Waals surface area (Å²) in [5.41, 5.74) is 1.32. The summed E-state index contributed by atoms with van der Waals surface area (Å²) in [4.78, 5) is 2.58. The van der Waals surface area contributed by atoms with Gasteiger partial charge in [0.15, 0.2) is 0 Å². The highest BCUT2D eigenvalue weighted by atomic mass is 19.1. The maximum Gasteiger partial charge on any atom is 0.123 e. The number of hydrogen-bond donors (Lipinski definition) is 1. The van der Waals surface area contributed by atoms with Crippen molar-refractivity contribution in [2.75, 3.05) is 19.6 Å². The maximum atomic E-state index is 13.2. The molecule has 2 saturated heterocycles. The smallest absolute Gasteiger partial charge is 0.123 e. The Kier molecular flexibility index (Phi) is 4.06. The van der Waals surface area contributed by atoms with Crippen molar-refractivity contribution in [2.45, 2.75) is 45.7 Å². The van der Waals surface area contributed by atoms with E-state index in [1.54, 1.807) is 12.1 Å². The summed E-state index contributed by atoms with van der Waals surface area (Å²) >= 11 is 0. The predicted molar refractivity (Wildman–Crippen MR) is 84.7 cm³/mol. The lowest BCUT2D eigenvalue weighted by Crippen LogP contribution is -2.47. The molecule has 1 aromatic carbocycles. The fraction of sp³-hybridized carbons (Fsp3) is 0.667. The molecule has 0 aliphatic carbocycles. The number of hydrogen-bond acceptors (Lipinski definition) is 2. The highest BCUT2D eigenvalue weighted by Gasteiger charge is 2.37. The van der Waals surface area contributed by atoms with E-state index < -0.39 is 0 Å². The standard InChI is InChI=1S/C18H27FN2/c1-18(2,3)17(13-4-6-15(19)7-5-13)20-16-9-11-21-10-8-14(16)12-21/h4-7,14,16-17,20H,8-12H2,1-3H3.